The minimum Gasteiger partial charge on any atom is -0.494 e. The van der Waals surface area contributed by atoms with Gasteiger partial charge in [0.1, 0.15) is 11.8 Å². The average Bonchev–Trinajstić information content (AvgIpc) is 3.22. The molecule has 2 saturated heterocycles. The number of likely N-dealkylation sites (tertiary alicyclic amines) is 1. The molecule has 0 bridgehead atoms. The van der Waals surface area contributed by atoms with Crippen LogP contribution in [0.2, 0.25) is 0 Å². The fraction of sp³-hybridized carbons (Fsp3) is 0.594. The van der Waals surface area contributed by atoms with Gasteiger partial charge in [-0.15, -0.1) is 11.8 Å². The van der Waals surface area contributed by atoms with Crippen LogP contribution in [0.25, 0.3) is 0 Å². The number of fused-ring (bicyclic) bond motifs is 2. The smallest absolute Gasteiger partial charge is 0.247 e. The van der Waals surface area contributed by atoms with Crippen LogP contribution in [0.3, 0.4) is 0 Å². The molecule has 5 atom stereocenters. The van der Waals surface area contributed by atoms with Crippen molar-refractivity contribution < 1.29 is 24.2 Å². The minimum absolute atomic E-state index is 0.0293. The maximum absolute atomic E-state index is 14.5. The lowest BCUT2D eigenvalue weighted by Gasteiger charge is -2.37. The van der Waals surface area contributed by atoms with Gasteiger partial charge in [-0.1, -0.05) is 44.1 Å². The molecule has 4 aliphatic heterocycles. The molecule has 41 heavy (non-hydrogen) atoms. The first-order chi connectivity index (χ1) is 19.8. The van der Waals surface area contributed by atoms with Crippen LogP contribution in [-0.4, -0.2) is 87.6 Å². The molecule has 0 saturated carbocycles. The van der Waals surface area contributed by atoms with Crippen molar-refractivity contribution in [2.75, 3.05) is 44.3 Å². The normalized spacial score (nSPS) is 30.8. The molecule has 4 aliphatic rings. The van der Waals surface area contributed by atoms with E-state index in [-0.39, 0.29) is 24.3 Å². The third kappa shape index (κ3) is 5.20. The van der Waals surface area contributed by atoms with E-state index in [4.69, 9.17) is 4.74 Å². The van der Waals surface area contributed by atoms with Crippen molar-refractivity contribution in [1.29, 1.82) is 0 Å². The molecule has 9 heteroatoms. The van der Waals surface area contributed by atoms with E-state index in [9.17, 15) is 19.5 Å². The van der Waals surface area contributed by atoms with Gasteiger partial charge < -0.3 is 24.5 Å². The number of hydrogen-bond acceptors (Lipinski definition) is 6. The summed E-state index contributed by atoms with van der Waals surface area (Å²) in [5.41, 5.74) is 0.759. The van der Waals surface area contributed by atoms with E-state index >= 15 is 0 Å². The maximum atomic E-state index is 14.5. The molecule has 1 unspecified atom stereocenters. The summed E-state index contributed by atoms with van der Waals surface area (Å²) < 4.78 is 4.11. The van der Waals surface area contributed by atoms with Gasteiger partial charge in [0, 0.05) is 43.2 Å². The Morgan fingerprint density at radius 1 is 0.902 bits per heavy atom. The number of benzene rings is 1. The first-order valence-electron chi connectivity index (χ1n) is 15.1. The summed E-state index contributed by atoms with van der Waals surface area (Å²) >= 11 is 1.62. The number of carbonyl (C=O) groups is 3. The van der Waals surface area contributed by atoms with Crippen LogP contribution in [0.5, 0.6) is 5.75 Å². The summed E-state index contributed by atoms with van der Waals surface area (Å²) in [6.45, 7) is 8.69. The number of ether oxygens (including phenoxy) is 1. The van der Waals surface area contributed by atoms with Crippen LogP contribution >= 0.6 is 11.8 Å². The van der Waals surface area contributed by atoms with Crippen molar-refractivity contribution in [1.82, 2.24) is 9.80 Å². The topological polar surface area (TPSA) is 90.4 Å². The van der Waals surface area contributed by atoms with Crippen LogP contribution in [0, 0.1) is 11.8 Å². The summed E-state index contributed by atoms with van der Waals surface area (Å²) in [7, 11) is 0. The third-order valence-corrected chi connectivity index (χ3v) is 10.7. The van der Waals surface area contributed by atoms with Crippen molar-refractivity contribution in [2.45, 2.75) is 68.4 Å². The average molecular weight is 582 g/mol. The first-order valence-corrected chi connectivity index (χ1v) is 15.9. The zero-order valence-electron chi connectivity index (χ0n) is 24.5. The molecule has 5 rings (SSSR count). The second-order valence-corrected chi connectivity index (χ2v) is 13.4. The third-order valence-electron chi connectivity index (χ3n) is 8.94. The molecule has 0 aromatic heterocycles. The summed E-state index contributed by atoms with van der Waals surface area (Å²) in [5, 5.41) is 9.44. The Balaban J connectivity index is 1.53. The molecule has 3 amide bonds. The number of unbranched alkanes of at least 4 members (excludes halogenated alkanes) is 3. The van der Waals surface area contributed by atoms with Crippen LogP contribution in [0.4, 0.5) is 5.69 Å². The van der Waals surface area contributed by atoms with Gasteiger partial charge in [-0.05, 0) is 57.4 Å². The highest BCUT2D eigenvalue weighted by Gasteiger charge is 2.73. The fourth-order valence-corrected chi connectivity index (χ4v) is 9.23. The molecule has 1 aromatic carbocycles. The Morgan fingerprint density at radius 3 is 2.34 bits per heavy atom. The number of carbonyl (C=O) groups excluding carboxylic acids is 3. The number of aliphatic hydroxyl groups excluding tert-OH is 1. The van der Waals surface area contributed by atoms with Crippen molar-refractivity contribution in [2.24, 2.45) is 11.8 Å². The molecule has 8 nitrogen and oxygen atoms in total. The predicted molar refractivity (Wildman–Crippen MR) is 162 cm³/mol. The standard InChI is InChI=1S/C32H43N3O5S/c1-4-6-7-18-33-19-11-17-32-26(29(38)35(20-8-9-22-36)27(32)30(33)39)25-28(37)34(21-10-16-31(25,3)41-32)23-12-14-24(15-13-23)40-5-2/h10-17,25-27,36H,4-9,18-22H2,1-3H3/t25-,26+,27?,31+,32+/m1/s1. The van der Waals surface area contributed by atoms with Crippen molar-refractivity contribution in [3.8, 4) is 5.75 Å². The molecule has 1 aromatic rings. The van der Waals surface area contributed by atoms with E-state index in [1.165, 1.54) is 0 Å². The minimum atomic E-state index is -0.839. The quantitative estimate of drug-likeness (QED) is 0.314. The molecule has 4 heterocycles. The molecule has 0 radical (unpaired) electrons. The van der Waals surface area contributed by atoms with E-state index < -0.39 is 27.4 Å². The van der Waals surface area contributed by atoms with E-state index in [0.717, 1.165) is 30.7 Å². The van der Waals surface area contributed by atoms with E-state index in [0.29, 0.717) is 45.6 Å². The number of thioether (sulfide) groups is 1. The Hall–Kier alpha value is -2.78. The van der Waals surface area contributed by atoms with Gasteiger partial charge in [0.25, 0.3) is 0 Å². The first kappa shape index (κ1) is 29.7. The van der Waals surface area contributed by atoms with Gasteiger partial charge in [0.15, 0.2) is 0 Å². The molecule has 1 spiro atoms. The van der Waals surface area contributed by atoms with E-state index in [2.05, 4.69) is 19.1 Å². The molecular formula is C32H43N3O5S. The van der Waals surface area contributed by atoms with Crippen molar-refractivity contribution in [3.63, 3.8) is 0 Å². The number of amides is 3. The Labute approximate surface area is 247 Å². The second kappa shape index (κ2) is 12.2. The monoisotopic (exact) mass is 581 g/mol. The summed E-state index contributed by atoms with van der Waals surface area (Å²) in [6, 6.07) is 6.84. The fourth-order valence-electron chi connectivity index (χ4n) is 7.08. The van der Waals surface area contributed by atoms with Crippen LogP contribution in [0.1, 0.15) is 52.9 Å². The second-order valence-electron chi connectivity index (χ2n) is 11.6. The molecule has 0 aliphatic carbocycles. The molecule has 2 fully saturated rings. The van der Waals surface area contributed by atoms with Gasteiger partial charge in [0.05, 0.1) is 23.2 Å². The highest BCUT2D eigenvalue weighted by molar-refractivity contribution is 8.02. The lowest BCUT2D eigenvalue weighted by atomic mass is 9.74. The zero-order chi connectivity index (χ0) is 29.2. The van der Waals surface area contributed by atoms with Gasteiger partial charge in [-0.3, -0.25) is 14.4 Å². The lowest BCUT2D eigenvalue weighted by Crippen LogP contribution is -2.53. The summed E-state index contributed by atoms with van der Waals surface area (Å²) in [6.07, 6.45) is 12.4. The maximum Gasteiger partial charge on any atom is 0.247 e. The lowest BCUT2D eigenvalue weighted by molar-refractivity contribution is -0.142. The highest BCUT2D eigenvalue weighted by Crippen LogP contribution is 2.65. The number of hydrogen-bond donors (Lipinski definition) is 1. The summed E-state index contributed by atoms with van der Waals surface area (Å²) in [4.78, 5) is 48.6. The largest absolute Gasteiger partial charge is 0.494 e. The van der Waals surface area contributed by atoms with E-state index in [1.54, 1.807) is 21.6 Å². The Kier molecular flexibility index (Phi) is 8.85. The number of aliphatic hydroxyl groups is 1. The predicted octanol–water partition coefficient (Wildman–Crippen LogP) is 4.04. The van der Waals surface area contributed by atoms with Gasteiger partial charge in [-0.2, -0.15) is 0 Å². The number of rotatable bonds is 11. The van der Waals surface area contributed by atoms with Gasteiger partial charge >= 0.3 is 0 Å². The Morgan fingerprint density at radius 2 is 1.63 bits per heavy atom. The van der Waals surface area contributed by atoms with Crippen LogP contribution < -0.4 is 9.64 Å². The molecule has 222 valence electrons. The van der Waals surface area contributed by atoms with Gasteiger partial charge in [-0.25, -0.2) is 0 Å². The van der Waals surface area contributed by atoms with Crippen LogP contribution in [-0.2, 0) is 14.4 Å². The highest BCUT2D eigenvalue weighted by atomic mass is 32.2. The molecule has 1 N–H and O–H groups in total. The SMILES string of the molecule is CCCCCN1CC=C[C@]23S[C@@]4(C)C=CCN(c5ccc(OCC)cc5)C(=O)[C@H]4[C@H]2C(=O)N(CCCCO)C3C1=O. The van der Waals surface area contributed by atoms with Gasteiger partial charge in [0.2, 0.25) is 17.7 Å². The van der Waals surface area contributed by atoms with Crippen molar-refractivity contribution >= 4 is 35.2 Å². The molecular weight excluding hydrogens is 538 g/mol. The van der Waals surface area contributed by atoms with Crippen molar-refractivity contribution in [3.05, 3.63) is 48.6 Å². The van der Waals surface area contributed by atoms with E-state index in [1.807, 2.05) is 55.2 Å². The number of anilines is 1. The Bertz CT molecular complexity index is 1200. The number of nitrogens with zero attached hydrogens (tertiary/aromatic N) is 3. The summed E-state index contributed by atoms with van der Waals surface area (Å²) in [5.74, 6) is -0.791. The zero-order valence-corrected chi connectivity index (χ0v) is 25.3. The van der Waals surface area contributed by atoms with Crippen LogP contribution in [0.15, 0.2) is 48.6 Å².